The number of benzene rings is 1. The molecule has 96 valence electrons. The molecule has 1 saturated carbocycles. The Bertz CT molecular complexity index is 442. The lowest BCUT2D eigenvalue weighted by atomic mass is 9.64. The first-order valence-corrected chi connectivity index (χ1v) is 6.78. The highest BCUT2D eigenvalue weighted by molar-refractivity contribution is 5.32. The maximum atomic E-state index is 10.9. The van der Waals surface area contributed by atoms with E-state index in [4.69, 9.17) is 4.74 Å². The van der Waals surface area contributed by atoms with Gasteiger partial charge in [-0.25, -0.2) is 0 Å². The van der Waals surface area contributed by atoms with Gasteiger partial charge in [-0.1, -0.05) is 42.8 Å². The maximum Gasteiger partial charge on any atom is 0.176 e. The molecule has 2 fully saturated rings. The molecule has 1 N–H and O–H groups in total. The van der Waals surface area contributed by atoms with Gasteiger partial charge in [0, 0.05) is 6.42 Å². The lowest BCUT2D eigenvalue weighted by Gasteiger charge is -2.44. The van der Waals surface area contributed by atoms with Crippen molar-refractivity contribution in [1.82, 2.24) is 0 Å². The highest BCUT2D eigenvalue weighted by Gasteiger charge is 2.59. The summed E-state index contributed by atoms with van der Waals surface area (Å²) in [5, 5.41) is 10.9. The molecule has 2 nitrogen and oxygen atoms in total. The van der Waals surface area contributed by atoms with Gasteiger partial charge in [-0.05, 0) is 24.8 Å². The quantitative estimate of drug-likeness (QED) is 0.810. The molecular formula is C16H20O2. The van der Waals surface area contributed by atoms with Crippen molar-refractivity contribution in [1.29, 1.82) is 0 Å². The van der Waals surface area contributed by atoms with Crippen LogP contribution in [0.5, 0.6) is 0 Å². The van der Waals surface area contributed by atoms with Crippen molar-refractivity contribution < 1.29 is 9.84 Å². The van der Waals surface area contributed by atoms with E-state index in [0.29, 0.717) is 0 Å². The van der Waals surface area contributed by atoms with Crippen LogP contribution < -0.4 is 0 Å². The Balaban J connectivity index is 2.08. The molecule has 1 heterocycles. The lowest BCUT2D eigenvalue weighted by Crippen LogP contribution is -2.50. The maximum absolute atomic E-state index is 10.9. The van der Waals surface area contributed by atoms with Crippen molar-refractivity contribution in [2.75, 3.05) is 0 Å². The highest BCUT2D eigenvalue weighted by Crippen LogP contribution is 2.55. The van der Waals surface area contributed by atoms with Gasteiger partial charge in [0.15, 0.2) is 5.79 Å². The van der Waals surface area contributed by atoms with Crippen LogP contribution in [0.25, 0.3) is 0 Å². The Morgan fingerprint density at radius 2 is 1.94 bits per heavy atom. The predicted molar refractivity (Wildman–Crippen MR) is 71.2 cm³/mol. The van der Waals surface area contributed by atoms with Crippen molar-refractivity contribution >= 4 is 0 Å². The van der Waals surface area contributed by atoms with Crippen LogP contribution in [-0.4, -0.2) is 17.0 Å². The third-order valence-corrected chi connectivity index (χ3v) is 4.60. The van der Waals surface area contributed by atoms with Gasteiger partial charge in [0.25, 0.3) is 0 Å². The SMILES string of the molecule is C=C[C@@H]1C[C@]2(c3ccccc3)CCCC[C@]2(O)O1. The summed E-state index contributed by atoms with van der Waals surface area (Å²) in [5.41, 5.74) is 0.960. The molecule has 0 bridgehead atoms. The van der Waals surface area contributed by atoms with Crippen molar-refractivity contribution in [3.8, 4) is 0 Å². The number of aliphatic hydroxyl groups is 1. The van der Waals surface area contributed by atoms with Crippen LogP contribution in [0.2, 0.25) is 0 Å². The minimum absolute atomic E-state index is 0.0340. The van der Waals surface area contributed by atoms with Gasteiger partial charge in [-0.2, -0.15) is 0 Å². The van der Waals surface area contributed by atoms with Crippen LogP contribution in [-0.2, 0) is 10.2 Å². The van der Waals surface area contributed by atoms with Crippen LogP contribution in [0.15, 0.2) is 43.0 Å². The largest absolute Gasteiger partial charge is 0.365 e. The van der Waals surface area contributed by atoms with E-state index in [1.807, 2.05) is 24.3 Å². The molecule has 0 unspecified atom stereocenters. The first kappa shape index (κ1) is 11.9. The van der Waals surface area contributed by atoms with Gasteiger partial charge in [0.2, 0.25) is 0 Å². The van der Waals surface area contributed by atoms with E-state index in [2.05, 4.69) is 18.7 Å². The average molecular weight is 244 g/mol. The molecule has 3 rings (SSSR count). The molecule has 0 aromatic heterocycles. The number of rotatable bonds is 2. The van der Waals surface area contributed by atoms with E-state index in [9.17, 15) is 5.11 Å². The Labute approximate surface area is 108 Å². The molecular weight excluding hydrogens is 224 g/mol. The Hall–Kier alpha value is -1.12. The summed E-state index contributed by atoms with van der Waals surface area (Å²) < 4.78 is 5.90. The smallest absolute Gasteiger partial charge is 0.176 e. The van der Waals surface area contributed by atoms with Gasteiger partial charge in [0.1, 0.15) is 0 Å². The van der Waals surface area contributed by atoms with E-state index < -0.39 is 5.79 Å². The number of hydrogen-bond donors (Lipinski definition) is 1. The summed E-state index contributed by atoms with van der Waals surface area (Å²) in [7, 11) is 0. The molecule has 1 saturated heterocycles. The van der Waals surface area contributed by atoms with Crippen molar-refractivity contribution in [3.63, 3.8) is 0 Å². The fraction of sp³-hybridized carbons (Fsp3) is 0.500. The summed E-state index contributed by atoms with van der Waals surface area (Å²) in [6, 6.07) is 10.3. The fourth-order valence-electron chi connectivity index (χ4n) is 3.67. The van der Waals surface area contributed by atoms with Gasteiger partial charge in [-0.15, -0.1) is 6.58 Å². The minimum atomic E-state index is -1.01. The Morgan fingerprint density at radius 3 is 2.67 bits per heavy atom. The summed E-state index contributed by atoms with van der Waals surface area (Å²) in [4.78, 5) is 0. The van der Waals surface area contributed by atoms with Crippen LogP contribution in [0.1, 0.15) is 37.7 Å². The van der Waals surface area contributed by atoms with Gasteiger partial charge < -0.3 is 9.84 Å². The summed E-state index contributed by atoms with van der Waals surface area (Å²) in [6.07, 6.45) is 6.55. The summed E-state index contributed by atoms with van der Waals surface area (Å²) in [5.74, 6) is -1.01. The van der Waals surface area contributed by atoms with Crippen molar-refractivity contribution in [3.05, 3.63) is 48.6 Å². The zero-order valence-corrected chi connectivity index (χ0v) is 10.6. The van der Waals surface area contributed by atoms with Crippen LogP contribution >= 0.6 is 0 Å². The molecule has 1 aliphatic carbocycles. The summed E-state index contributed by atoms with van der Waals surface area (Å²) >= 11 is 0. The molecule has 1 aromatic rings. The van der Waals surface area contributed by atoms with E-state index >= 15 is 0 Å². The molecule has 0 spiro atoms. The van der Waals surface area contributed by atoms with E-state index in [-0.39, 0.29) is 11.5 Å². The average Bonchev–Trinajstić information content (AvgIpc) is 2.73. The number of ether oxygens (including phenoxy) is 1. The number of hydrogen-bond acceptors (Lipinski definition) is 2. The molecule has 1 aromatic carbocycles. The second-order valence-electron chi connectivity index (χ2n) is 5.54. The molecule has 2 heteroatoms. The molecule has 0 amide bonds. The molecule has 2 aliphatic rings. The van der Waals surface area contributed by atoms with Crippen molar-refractivity contribution in [2.24, 2.45) is 0 Å². The standard InChI is InChI=1S/C16H20O2/c1-2-14-12-15(13-8-4-3-5-9-13)10-6-7-11-16(15,17)18-14/h2-5,8-9,14,17H,1,6-7,10-12H2/t14-,15+,16+/m1/s1. The topological polar surface area (TPSA) is 29.5 Å². The van der Waals surface area contributed by atoms with E-state index in [0.717, 1.165) is 32.1 Å². The van der Waals surface area contributed by atoms with Crippen LogP contribution in [0.4, 0.5) is 0 Å². The second-order valence-corrected chi connectivity index (χ2v) is 5.54. The van der Waals surface area contributed by atoms with Gasteiger partial charge >= 0.3 is 0 Å². The molecule has 0 radical (unpaired) electrons. The molecule has 1 aliphatic heterocycles. The number of fused-ring (bicyclic) bond motifs is 1. The van der Waals surface area contributed by atoms with Crippen LogP contribution in [0, 0.1) is 0 Å². The van der Waals surface area contributed by atoms with Gasteiger partial charge in [0.05, 0.1) is 11.5 Å². The molecule has 18 heavy (non-hydrogen) atoms. The van der Waals surface area contributed by atoms with Crippen molar-refractivity contribution in [2.45, 2.75) is 49.4 Å². The highest BCUT2D eigenvalue weighted by atomic mass is 16.6. The third kappa shape index (κ3) is 1.56. The predicted octanol–water partition coefficient (Wildman–Crippen LogP) is 3.16. The Morgan fingerprint density at radius 1 is 1.22 bits per heavy atom. The second kappa shape index (κ2) is 4.22. The zero-order chi connectivity index (χ0) is 12.6. The molecule has 3 atom stereocenters. The van der Waals surface area contributed by atoms with E-state index in [1.165, 1.54) is 5.56 Å². The van der Waals surface area contributed by atoms with Crippen LogP contribution in [0.3, 0.4) is 0 Å². The normalized spacial score (nSPS) is 39.3. The Kier molecular flexibility index (Phi) is 2.80. The first-order chi connectivity index (χ1) is 8.70. The van der Waals surface area contributed by atoms with E-state index in [1.54, 1.807) is 0 Å². The monoisotopic (exact) mass is 244 g/mol. The fourth-order valence-corrected chi connectivity index (χ4v) is 3.67. The first-order valence-electron chi connectivity index (χ1n) is 6.78. The third-order valence-electron chi connectivity index (χ3n) is 4.60. The van der Waals surface area contributed by atoms with Gasteiger partial charge in [-0.3, -0.25) is 0 Å². The zero-order valence-electron chi connectivity index (χ0n) is 10.6. The lowest BCUT2D eigenvalue weighted by molar-refractivity contribution is -0.229. The minimum Gasteiger partial charge on any atom is -0.365 e. The summed E-state index contributed by atoms with van der Waals surface area (Å²) in [6.45, 7) is 3.82.